The van der Waals surface area contributed by atoms with Crippen LogP contribution in [0.25, 0.3) is 0 Å². The number of hydrogen-bond acceptors (Lipinski definition) is 2. The van der Waals surface area contributed by atoms with E-state index >= 15 is 0 Å². The highest BCUT2D eigenvalue weighted by Crippen LogP contribution is 2.40. The van der Waals surface area contributed by atoms with Gasteiger partial charge in [0.05, 0.1) is 17.0 Å². The van der Waals surface area contributed by atoms with Crippen LogP contribution in [0.3, 0.4) is 0 Å². The maximum Gasteiger partial charge on any atom is 0.416 e. The SMILES string of the molecule is Fc1c(Cl)cc(C(F)(F)F)cc1[C@H](CC(F)(F)F)N1CCNCC1. The Morgan fingerprint density at radius 1 is 1.08 bits per heavy atom. The summed E-state index contributed by atoms with van der Waals surface area (Å²) in [4.78, 5) is 1.32. The minimum atomic E-state index is -4.83. The number of halogens is 8. The second kappa shape index (κ2) is 7.05. The highest BCUT2D eigenvalue weighted by atomic mass is 35.5. The van der Waals surface area contributed by atoms with Gasteiger partial charge in [-0.2, -0.15) is 26.3 Å². The average molecular weight is 379 g/mol. The molecule has 0 aliphatic carbocycles. The van der Waals surface area contributed by atoms with E-state index in [9.17, 15) is 30.7 Å². The first-order chi connectivity index (χ1) is 11.0. The van der Waals surface area contributed by atoms with E-state index in [1.54, 1.807) is 0 Å². The fourth-order valence-corrected chi connectivity index (χ4v) is 2.89. The topological polar surface area (TPSA) is 15.3 Å². The lowest BCUT2D eigenvalue weighted by molar-refractivity contribution is -0.149. The Morgan fingerprint density at radius 3 is 2.17 bits per heavy atom. The molecule has 136 valence electrons. The van der Waals surface area contributed by atoms with Crippen molar-refractivity contribution >= 4 is 11.6 Å². The van der Waals surface area contributed by atoms with Gasteiger partial charge in [-0.25, -0.2) is 4.39 Å². The first-order valence-electron chi connectivity index (χ1n) is 7.06. The van der Waals surface area contributed by atoms with Crippen molar-refractivity contribution in [3.05, 3.63) is 34.1 Å². The van der Waals surface area contributed by atoms with E-state index in [-0.39, 0.29) is 13.1 Å². The van der Waals surface area contributed by atoms with Crippen molar-refractivity contribution in [1.29, 1.82) is 0 Å². The fraction of sp³-hybridized carbons (Fsp3) is 0.571. The van der Waals surface area contributed by atoms with E-state index < -0.39 is 46.8 Å². The van der Waals surface area contributed by atoms with Gasteiger partial charge in [0.25, 0.3) is 0 Å². The summed E-state index contributed by atoms with van der Waals surface area (Å²) in [5, 5.41) is 2.08. The molecule has 24 heavy (non-hydrogen) atoms. The number of piperazine rings is 1. The predicted molar refractivity (Wildman–Crippen MR) is 74.3 cm³/mol. The fourth-order valence-electron chi connectivity index (χ4n) is 2.67. The van der Waals surface area contributed by atoms with Gasteiger partial charge in [0, 0.05) is 37.8 Å². The first-order valence-corrected chi connectivity index (χ1v) is 7.44. The highest BCUT2D eigenvalue weighted by molar-refractivity contribution is 6.30. The summed E-state index contributed by atoms with van der Waals surface area (Å²) < 4.78 is 91.6. The lowest BCUT2D eigenvalue weighted by Crippen LogP contribution is -2.46. The molecule has 1 N–H and O–H groups in total. The van der Waals surface area contributed by atoms with E-state index in [0.717, 1.165) is 0 Å². The lowest BCUT2D eigenvalue weighted by Gasteiger charge is -2.36. The van der Waals surface area contributed by atoms with Gasteiger partial charge in [0.1, 0.15) is 5.82 Å². The molecule has 1 heterocycles. The van der Waals surface area contributed by atoms with Crippen molar-refractivity contribution in [3.63, 3.8) is 0 Å². The van der Waals surface area contributed by atoms with E-state index in [0.29, 0.717) is 25.2 Å². The van der Waals surface area contributed by atoms with Crippen LogP contribution < -0.4 is 5.32 Å². The van der Waals surface area contributed by atoms with Gasteiger partial charge < -0.3 is 5.32 Å². The molecule has 10 heteroatoms. The Hall–Kier alpha value is -1.06. The Morgan fingerprint density at radius 2 is 1.67 bits per heavy atom. The molecule has 0 bridgehead atoms. The molecule has 0 amide bonds. The highest BCUT2D eigenvalue weighted by Gasteiger charge is 2.39. The molecule has 0 spiro atoms. The van der Waals surface area contributed by atoms with Gasteiger partial charge in [0.15, 0.2) is 0 Å². The molecule has 1 fully saturated rings. The van der Waals surface area contributed by atoms with Gasteiger partial charge >= 0.3 is 12.4 Å². The standard InChI is InChI=1S/C14H14ClF7N2/c15-10-6-8(14(20,21)22)5-9(12(10)16)11(7-13(17,18)19)24-3-1-23-2-4-24/h5-6,11,23H,1-4,7H2/t11-/m0/s1. The number of nitrogens with one attached hydrogen (secondary N) is 1. The van der Waals surface area contributed by atoms with Gasteiger partial charge in [-0.3, -0.25) is 4.90 Å². The van der Waals surface area contributed by atoms with E-state index in [2.05, 4.69) is 5.32 Å². The molecule has 1 atom stereocenters. The van der Waals surface area contributed by atoms with Gasteiger partial charge in [0.2, 0.25) is 0 Å². The third kappa shape index (κ3) is 4.73. The Labute approximate surface area is 138 Å². The summed E-state index contributed by atoms with van der Waals surface area (Å²) in [6.45, 7) is 1.05. The molecule has 1 aliphatic rings. The van der Waals surface area contributed by atoms with E-state index in [1.165, 1.54) is 4.90 Å². The van der Waals surface area contributed by atoms with Crippen LogP contribution >= 0.6 is 11.6 Å². The summed E-state index contributed by atoms with van der Waals surface area (Å²) in [6, 6.07) is -0.769. The van der Waals surface area contributed by atoms with Gasteiger partial charge in [-0.1, -0.05) is 11.6 Å². The molecule has 1 saturated heterocycles. The summed E-state index contributed by atoms with van der Waals surface area (Å²) in [7, 11) is 0. The Bertz CT molecular complexity index is 580. The maximum atomic E-state index is 14.2. The number of rotatable bonds is 3. The number of alkyl halides is 6. The average Bonchev–Trinajstić information content (AvgIpc) is 2.46. The van der Waals surface area contributed by atoms with Crippen LogP contribution in [0.4, 0.5) is 30.7 Å². The molecule has 2 nitrogen and oxygen atoms in total. The molecule has 1 aromatic rings. The number of hydrogen-bond donors (Lipinski definition) is 1. The third-order valence-electron chi connectivity index (χ3n) is 3.76. The van der Waals surface area contributed by atoms with Crippen molar-refractivity contribution in [2.75, 3.05) is 26.2 Å². The third-order valence-corrected chi connectivity index (χ3v) is 4.03. The van der Waals surface area contributed by atoms with Crippen molar-refractivity contribution in [2.24, 2.45) is 0 Å². The van der Waals surface area contributed by atoms with Crippen molar-refractivity contribution in [3.8, 4) is 0 Å². The quantitative estimate of drug-likeness (QED) is 0.784. The lowest BCUT2D eigenvalue weighted by atomic mass is 9.97. The molecule has 0 aromatic heterocycles. The molecule has 0 saturated carbocycles. The molecular weight excluding hydrogens is 365 g/mol. The normalized spacial score (nSPS) is 18.7. The Balaban J connectivity index is 2.49. The maximum absolute atomic E-state index is 14.2. The molecule has 1 aliphatic heterocycles. The van der Waals surface area contributed by atoms with Crippen LogP contribution in [0.15, 0.2) is 12.1 Å². The van der Waals surface area contributed by atoms with E-state index in [4.69, 9.17) is 11.6 Å². The van der Waals surface area contributed by atoms with Crippen LogP contribution in [-0.4, -0.2) is 37.3 Å². The monoisotopic (exact) mass is 378 g/mol. The van der Waals surface area contributed by atoms with E-state index in [1.807, 2.05) is 0 Å². The number of benzene rings is 1. The minimum absolute atomic E-state index is 0.161. The largest absolute Gasteiger partial charge is 0.416 e. The summed E-state index contributed by atoms with van der Waals surface area (Å²) in [5.74, 6) is -1.25. The van der Waals surface area contributed by atoms with Crippen LogP contribution in [0.2, 0.25) is 5.02 Å². The zero-order chi connectivity index (χ0) is 18.1. The minimum Gasteiger partial charge on any atom is -0.314 e. The summed E-state index contributed by atoms with van der Waals surface area (Å²) in [6.07, 6.45) is -11.0. The molecule has 0 unspecified atom stereocenters. The smallest absolute Gasteiger partial charge is 0.314 e. The van der Waals surface area contributed by atoms with Crippen LogP contribution in [0.5, 0.6) is 0 Å². The van der Waals surface area contributed by atoms with Crippen LogP contribution in [-0.2, 0) is 6.18 Å². The molecule has 1 aromatic carbocycles. The summed E-state index contributed by atoms with van der Waals surface area (Å²) >= 11 is 5.49. The second-order valence-electron chi connectivity index (χ2n) is 5.48. The zero-order valence-corrected chi connectivity index (χ0v) is 13.0. The second-order valence-corrected chi connectivity index (χ2v) is 5.89. The Kier molecular flexibility index (Phi) is 5.66. The van der Waals surface area contributed by atoms with Crippen molar-refractivity contribution < 1.29 is 30.7 Å². The molecule has 0 radical (unpaired) electrons. The van der Waals surface area contributed by atoms with Crippen LogP contribution in [0.1, 0.15) is 23.6 Å². The van der Waals surface area contributed by atoms with Crippen LogP contribution in [0, 0.1) is 5.82 Å². The first kappa shape index (κ1) is 19.3. The molecule has 2 rings (SSSR count). The van der Waals surface area contributed by atoms with Gasteiger partial charge in [-0.05, 0) is 12.1 Å². The summed E-state index contributed by atoms with van der Waals surface area (Å²) in [5.41, 5.74) is -1.96. The van der Waals surface area contributed by atoms with Crippen molar-refractivity contribution in [2.45, 2.75) is 24.8 Å². The van der Waals surface area contributed by atoms with Crippen molar-refractivity contribution in [1.82, 2.24) is 10.2 Å². The zero-order valence-electron chi connectivity index (χ0n) is 12.2. The number of nitrogens with zero attached hydrogens (tertiary/aromatic N) is 1. The van der Waals surface area contributed by atoms with Gasteiger partial charge in [-0.15, -0.1) is 0 Å². The molecular formula is C14H14ClF7N2. The predicted octanol–water partition coefficient (Wildman–Crippen LogP) is 4.40.